The van der Waals surface area contributed by atoms with Gasteiger partial charge in [-0.15, -0.1) is 0 Å². The van der Waals surface area contributed by atoms with E-state index in [1.54, 1.807) is 0 Å². The van der Waals surface area contributed by atoms with Crippen molar-refractivity contribution in [3.8, 4) is 56.0 Å². The molecule has 7 aromatic rings. The van der Waals surface area contributed by atoms with Crippen molar-refractivity contribution in [1.82, 2.24) is 9.97 Å². The van der Waals surface area contributed by atoms with Gasteiger partial charge in [-0.05, 0) is 92.7 Å². The highest BCUT2D eigenvalue weighted by molar-refractivity contribution is 5.88. The third-order valence-corrected chi connectivity index (χ3v) is 9.46. The molecule has 7 rings (SSSR count). The summed E-state index contributed by atoms with van der Waals surface area (Å²) in [6.07, 6.45) is 1.92. The number of nitrogens with zero attached hydrogens (tertiary/aromatic N) is 2. The van der Waals surface area contributed by atoms with Crippen molar-refractivity contribution in [3.63, 3.8) is 0 Å². The summed E-state index contributed by atoms with van der Waals surface area (Å²) in [6.45, 7) is 13.6. The standard InChI is InChI=1S/C48H45N3/c1-47(2,3)38-22-24-42(40(31-38)45-28-36(26-27-49-45)33-16-10-7-11-17-33)50-43-25-23-39(48(4,5)6)32-41(43)46-30-37(34-18-12-8-13-19-34)29-44(51-46)35-20-14-9-15-21-35/h7-32,50H,1-6H3. The molecule has 0 unspecified atom stereocenters. The number of anilines is 2. The lowest BCUT2D eigenvalue weighted by molar-refractivity contribution is 0.590. The van der Waals surface area contributed by atoms with E-state index >= 15 is 0 Å². The summed E-state index contributed by atoms with van der Waals surface area (Å²) in [5.41, 5.74) is 15.0. The van der Waals surface area contributed by atoms with Gasteiger partial charge in [-0.2, -0.15) is 0 Å². The molecule has 3 nitrogen and oxygen atoms in total. The lowest BCUT2D eigenvalue weighted by atomic mass is 9.84. The summed E-state index contributed by atoms with van der Waals surface area (Å²) in [7, 11) is 0. The Labute approximate surface area is 303 Å². The number of rotatable bonds is 7. The molecular weight excluding hydrogens is 619 g/mol. The zero-order chi connectivity index (χ0) is 35.6. The molecule has 3 heteroatoms. The highest BCUT2D eigenvalue weighted by atomic mass is 14.9. The lowest BCUT2D eigenvalue weighted by Crippen LogP contribution is -2.12. The fraction of sp³-hybridized carbons (Fsp3) is 0.167. The quantitative estimate of drug-likeness (QED) is 0.184. The van der Waals surface area contributed by atoms with Crippen LogP contribution >= 0.6 is 0 Å². The number of hydrogen-bond donors (Lipinski definition) is 1. The van der Waals surface area contributed by atoms with Crippen molar-refractivity contribution in [1.29, 1.82) is 0 Å². The molecule has 0 saturated carbocycles. The molecular formula is C48H45N3. The van der Waals surface area contributed by atoms with E-state index in [1.165, 1.54) is 16.7 Å². The van der Waals surface area contributed by atoms with Gasteiger partial charge in [-0.25, -0.2) is 4.98 Å². The second kappa shape index (κ2) is 13.8. The summed E-state index contributed by atoms with van der Waals surface area (Å²) in [4.78, 5) is 10.3. The van der Waals surface area contributed by atoms with E-state index in [0.29, 0.717) is 0 Å². The molecule has 0 bridgehead atoms. The summed E-state index contributed by atoms with van der Waals surface area (Å²) in [5.74, 6) is 0. The zero-order valence-corrected chi connectivity index (χ0v) is 30.4. The van der Waals surface area contributed by atoms with Crippen LogP contribution < -0.4 is 5.32 Å². The van der Waals surface area contributed by atoms with E-state index in [4.69, 9.17) is 9.97 Å². The average molecular weight is 664 g/mol. The van der Waals surface area contributed by atoms with Crippen molar-refractivity contribution in [2.45, 2.75) is 52.4 Å². The molecule has 0 saturated heterocycles. The molecule has 0 aliphatic rings. The molecule has 0 amide bonds. The van der Waals surface area contributed by atoms with Gasteiger partial charge in [0.1, 0.15) is 0 Å². The number of pyridine rings is 2. The van der Waals surface area contributed by atoms with Crippen LogP contribution in [0.1, 0.15) is 52.7 Å². The molecule has 5 aromatic carbocycles. The van der Waals surface area contributed by atoms with Crippen molar-refractivity contribution in [2.75, 3.05) is 5.32 Å². The first-order valence-electron chi connectivity index (χ1n) is 17.7. The van der Waals surface area contributed by atoms with Gasteiger partial charge in [-0.1, -0.05) is 145 Å². The van der Waals surface area contributed by atoms with Crippen molar-refractivity contribution < 1.29 is 0 Å². The van der Waals surface area contributed by atoms with Gasteiger partial charge in [0.05, 0.1) is 17.1 Å². The first kappa shape index (κ1) is 33.7. The van der Waals surface area contributed by atoms with Gasteiger partial charge in [0.2, 0.25) is 0 Å². The summed E-state index contributed by atoms with van der Waals surface area (Å²) < 4.78 is 0. The van der Waals surface area contributed by atoms with E-state index in [1.807, 2.05) is 12.3 Å². The predicted molar refractivity (Wildman–Crippen MR) is 216 cm³/mol. The number of benzene rings is 5. The summed E-state index contributed by atoms with van der Waals surface area (Å²) in [6, 6.07) is 53.7. The topological polar surface area (TPSA) is 37.8 Å². The van der Waals surface area contributed by atoms with Crippen LogP contribution in [0, 0.1) is 0 Å². The van der Waals surface area contributed by atoms with Gasteiger partial charge < -0.3 is 5.32 Å². The van der Waals surface area contributed by atoms with Crippen LogP contribution in [0.4, 0.5) is 11.4 Å². The van der Waals surface area contributed by atoms with Crippen LogP contribution in [-0.4, -0.2) is 9.97 Å². The smallest absolute Gasteiger partial charge is 0.0736 e. The highest BCUT2D eigenvalue weighted by Gasteiger charge is 2.21. The highest BCUT2D eigenvalue weighted by Crippen LogP contribution is 2.40. The van der Waals surface area contributed by atoms with E-state index in [-0.39, 0.29) is 10.8 Å². The first-order chi connectivity index (χ1) is 24.5. The molecule has 252 valence electrons. The van der Waals surface area contributed by atoms with E-state index in [9.17, 15) is 0 Å². The van der Waals surface area contributed by atoms with Crippen molar-refractivity contribution in [2.24, 2.45) is 0 Å². The molecule has 51 heavy (non-hydrogen) atoms. The van der Waals surface area contributed by atoms with Gasteiger partial charge in [-0.3, -0.25) is 4.98 Å². The summed E-state index contributed by atoms with van der Waals surface area (Å²) >= 11 is 0. The Morgan fingerprint density at radius 1 is 0.392 bits per heavy atom. The molecule has 0 atom stereocenters. The number of hydrogen-bond acceptors (Lipinski definition) is 3. The third-order valence-electron chi connectivity index (χ3n) is 9.46. The fourth-order valence-corrected chi connectivity index (χ4v) is 6.42. The van der Waals surface area contributed by atoms with Crippen LogP contribution in [0.5, 0.6) is 0 Å². The maximum absolute atomic E-state index is 5.34. The Hall–Kier alpha value is -5.80. The average Bonchev–Trinajstić information content (AvgIpc) is 3.15. The SMILES string of the molecule is CC(C)(C)c1ccc(Nc2ccc(C(C)(C)C)cc2-c2cc(-c3ccccc3)cc(-c3ccccc3)n2)c(-c2cc(-c3ccccc3)ccn2)c1. The Balaban J connectivity index is 1.41. The van der Waals surface area contributed by atoms with Crippen molar-refractivity contribution in [3.05, 3.63) is 169 Å². The van der Waals surface area contributed by atoms with E-state index in [2.05, 4.69) is 192 Å². The molecule has 0 aliphatic carbocycles. The number of aromatic nitrogens is 2. The second-order valence-electron chi connectivity index (χ2n) is 15.3. The maximum atomic E-state index is 5.34. The molecule has 2 heterocycles. The van der Waals surface area contributed by atoms with E-state index < -0.39 is 0 Å². The molecule has 1 N–H and O–H groups in total. The normalized spacial score (nSPS) is 11.7. The maximum Gasteiger partial charge on any atom is 0.0736 e. The molecule has 0 aliphatic heterocycles. The van der Waals surface area contributed by atoms with Gasteiger partial charge in [0, 0.05) is 34.3 Å². The van der Waals surface area contributed by atoms with Crippen LogP contribution in [-0.2, 0) is 10.8 Å². The van der Waals surface area contributed by atoms with Crippen LogP contribution in [0.3, 0.4) is 0 Å². The predicted octanol–water partition coefficient (Wildman–Crippen LogP) is 13.2. The van der Waals surface area contributed by atoms with Crippen LogP contribution in [0.2, 0.25) is 0 Å². The monoisotopic (exact) mass is 663 g/mol. The minimum absolute atomic E-state index is 0.0283. The molecule has 2 aromatic heterocycles. The lowest BCUT2D eigenvalue weighted by Gasteiger charge is -2.24. The first-order valence-corrected chi connectivity index (χ1v) is 17.7. The molecule has 0 spiro atoms. The molecule has 0 radical (unpaired) electrons. The van der Waals surface area contributed by atoms with Crippen LogP contribution in [0.15, 0.2) is 158 Å². The number of nitrogens with one attached hydrogen (secondary N) is 1. The van der Waals surface area contributed by atoms with Gasteiger partial charge in [0.25, 0.3) is 0 Å². The second-order valence-corrected chi connectivity index (χ2v) is 15.3. The fourth-order valence-electron chi connectivity index (χ4n) is 6.42. The van der Waals surface area contributed by atoms with Gasteiger partial charge >= 0.3 is 0 Å². The third kappa shape index (κ3) is 7.54. The minimum atomic E-state index is -0.0477. The zero-order valence-electron chi connectivity index (χ0n) is 30.4. The Bertz CT molecular complexity index is 2220. The van der Waals surface area contributed by atoms with Gasteiger partial charge in [0.15, 0.2) is 0 Å². The summed E-state index contributed by atoms with van der Waals surface area (Å²) in [5, 5.41) is 3.89. The Morgan fingerprint density at radius 2 is 0.843 bits per heavy atom. The largest absolute Gasteiger partial charge is 0.354 e. The Morgan fingerprint density at radius 3 is 1.37 bits per heavy atom. The Kier molecular flexibility index (Phi) is 9.14. The van der Waals surface area contributed by atoms with Crippen LogP contribution in [0.25, 0.3) is 56.0 Å². The molecule has 0 fully saturated rings. The van der Waals surface area contributed by atoms with Crippen molar-refractivity contribution >= 4 is 11.4 Å². The minimum Gasteiger partial charge on any atom is -0.354 e. The van der Waals surface area contributed by atoms with E-state index in [0.717, 1.165) is 61.8 Å².